The molecular formula is C12H18N4O3. The first-order valence-electron chi connectivity index (χ1n) is 5.87. The number of hydrogen-bond acceptors (Lipinski definition) is 5. The number of benzene rings is 1. The van der Waals surface area contributed by atoms with Gasteiger partial charge in [-0.3, -0.25) is 14.9 Å². The molecular weight excluding hydrogens is 248 g/mol. The summed E-state index contributed by atoms with van der Waals surface area (Å²) < 4.78 is 0. The first-order chi connectivity index (χ1) is 8.85. The number of nitrogens with zero attached hydrogens (tertiary/aromatic N) is 2. The summed E-state index contributed by atoms with van der Waals surface area (Å²) in [4.78, 5) is 23.2. The molecule has 104 valence electrons. The molecule has 1 amide bonds. The Labute approximate surface area is 111 Å². The van der Waals surface area contributed by atoms with Gasteiger partial charge in [0.25, 0.3) is 5.69 Å². The molecule has 7 nitrogen and oxygen atoms in total. The average Bonchev–Trinajstić information content (AvgIpc) is 2.34. The second-order valence-corrected chi connectivity index (χ2v) is 4.43. The molecule has 0 saturated carbocycles. The second kappa shape index (κ2) is 6.03. The number of carbonyl (C=O) groups excluding carboxylic acids is 1. The summed E-state index contributed by atoms with van der Waals surface area (Å²) in [6.45, 7) is 3.80. The maximum Gasteiger partial charge on any atom is 0.273 e. The summed E-state index contributed by atoms with van der Waals surface area (Å²) in [5.74, 6) is -0.480. The number of rotatable bonds is 6. The third-order valence-electron chi connectivity index (χ3n) is 2.68. The number of carbonyl (C=O) groups is 1. The lowest BCUT2D eigenvalue weighted by molar-refractivity contribution is -0.384. The van der Waals surface area contributed by atoms with Crippen molar-refractivity contribution in [1.29, 1.82) is 0 Å². The van der Waals surface area contributed by atoms with Gasteiger partial charge in [0.1, 0.15) is 0 Å². The smallest absolute Gasteiger partial charge is 0.273 e. The van der Waals surface area contributed by atoms with Gasteiger partial charge in [0.2, 0.25) is 5.91 Å². The van der Waals surface area contributed by atoms with Crippen molar-refractivity contribution in [2.24, 2.45) is 5.73 Å². The minimum atomic E-state index is -0.480. The van der Waals surface area contributed by atoms with E-state index in [0.29, 0.717) is 11.4 Å². The Balaban J connectivity index is 3.24. The fourth-order valence-corrected chi connectivity index (χ4v) is 1.75. The van der Waals surface area contributed by atoms with Crippen molar-refractivity contribution < 1.29 is 9.72 Å². The monoisotopic (exact) mass is 266 g/mol. The number of nitrogens with one attached hydrogen (secondary N) is 1. The molecule has 7 heteroatoms. The van der Waals surface area contributed by atoms with Crippen LogP contribution in [0, 0.1) is 10.1 Å². The fraction of sp³-hybridized carbons (Fsp3) is 0.417. The quantitative estimate of drug-likeness (QED) is 0.597. The van der Waals surface area contributed by atoms with Gasteiger partial charge in [0, 0.05) is 36.6 Å². The minimum Gasteiger partial charge on any atom is -0.388 e. The summed E-state index contributed by atoms with van der Waals surface area (Å²) in [7, 11) is 1.68. The zero-order valence-corrected chi connectivity index (χ0v) is 11.2. The van der Waals surface area contributed by atoms with Gasteiger partial charge in [-0.05, 0) is 19.9 Å². The molecule has 0 atom stereocenters. The summed E-state index contributed by atoms with van der Waals surface area (Å²) >= 11 is 0. The van der Waals surface area contributed by atoms with E-state index < -0.39 is 10.8 Å². The van der Waals surface area contributed by atoms with E-state index >= 15 is 0 Å². The molecule has 1 aromatic carbocycles. The SMILES string of the molecule is CNc1cc(N(CC(N)=O)C(C)C)cc([N+](=O)[O-])c1. The normalized spacial score (nSPS) is 10.3. The van der Waals surface area contributed by atoms with Crippen LogP contribution in [-0.4, -0.2) is 30.5 Å². The highest BCUT2D eigenvalue weighted by Gasteiger charge is 2.17. The highest BCUT2D eigenvalue weighted by molar-refractivity contribution is 5.80. The number of amides is 1. The van der Waals surface area contributed by atoms with Gasteiger partial charge in [-0.1, -0.05) is 0 Å². The molecule has 0 bridgehead atoms. The molecule has 0 radical (unpaired) electrons. The number of hydrogen-bond donors (Lipinski definition) is 2. The van der Waals surface area contributed by atoms with Gasteiger partial charge in [-0.2, -0.15) is 0 Å². The second-order valence-electron chi connectivity index (χ2n) is 4.43. The molecule has 0 spiro atoms. The molecule has 0 aliphatic heterocycles. The van der Waals surface area contributed by atoms with Crippen molar-refractivity contribution >= 4 is 23.0 Å². The van der Waals surface area contributed by atoms with Crippen LogP contribution in [0.3, 0.4) is 0 Å². The highest BCUT2D eigenvalue weighted by atomic mass is 16.6. The average molecular weight is 266 g/mol. The van der Waals surface area contributed by atoms with Crippen LogP contribution in [0.1, 0.15) is 13.8 Å². The molecule has 0 aromatic heterocycles. The van der Waals surface area contributed by atoms with Crippen molar-refractivity contribution in [3.05, 3.63) is 28.3 Å². The van der Waals surface area contributed by atoms with Crippen molar-refractivity contribution in [1.82, 2.24) is 0 Å². The Morgan fingerprint density at radius 3 is 2.53 bits per heavy atom. The number of nitro groups is 1. The van der Waals surface area contributed by atoms with Crippen LogP contribution in [0.5, 0.6) is 0 Å². The van der Waals surface area contributed by atoms with E-state index in [1.807, 2.05) is 13.8 Å². The number of nitrogens with two attached hydrogens (primary N) is 1. The Kier molecular flexibility index (Phi) is 4.68. The zero-order valence-electron chi connectivity index (χ0n) is 11.2. The molecule has 1 rings (SSSR count). The zero-order chi connectivity index (χ0) is 14.6. The molecule has 0 heterocycles. The van der Waals surface area contributed by atoms with Crippen LogP contribution in [-0.2, 0) is 4.79 Å². The summed E-state index contributed by atoms with van der Waals surface area (Å²) in [5, 5.41) is 13.8. The maximum absolute atomic E-state index is 11.1. The van der Waals surface area contributed by atoms with Gasteiger partial charge in [-0.25, -0.2) is 0 Å². The first-order valence-corrected chi connectivity index (χ1v) is 5.87. The van der Waals surface area contributed by atoms with Gasteiger partial charge in [-0.15, -0.1) is 0 Å². The van der Waals surface area contributed by atoms with Crippen LogP contribution < -0.4 is 16.0 Å². The summed E-state index contributed by atoms with van der Waals surface area (Å²) in [6, 6.07) is 4.62. The largest absolute Gasteiger partial charge is 0.388 e. The van der Waals surface area contributed by atoms with E-state index in [2.05, 4.69) is 5.32 Å². The first kappa shape index (κ1) is 14.7. The molecule has 0 unspecified atom stereocenters. The van der Waals surface area contributed by atoms with Crippen molar-refractivity contribution in [3.8, 4) is 0 Å². The number of primary amides is 1. The van der Waals surface area contributed by atoms with E-state index in [0.717, 1.165) is 0 Å². The summed E-state index contributed by atoms with van der Waals surface area (Å²) in [6.07, 6.45) is 0. The number of nitro benzene ring substituents is 1. The number of non-ortho nitro benzene ring substituents is 1. The van der Waals surface area contributed by atoms with E-state index in [1.165, 1.54) is 12.1 Å². The van der Waals surface area contributed by atoms with E-state index in [-0.39, 0.29) is 18.3 Å². The van der Waals surface area contributed by atoms with Gasteiger partial charge in [0.15, 0.2) is 0 Å². The van der Waals surface area contributed by atoms with Gasteiger partial charge in [0.05, 0.1) is 11.5 Å². The molecule has 0 fully saturated rings. The predicted molar refractivity (Wildman–Crippen MR) is 74.3 cm³/mol. The van der Waals surface area contributed by atoms with Crippen molar-refractivity contribution in [3.63, 3.8) is 0 Å². The topological polar surface area (TPSA) is 102 Å². The molecule has 19 heavy (non-hydrogen) atoms. The third-order valence-corrected chi connectivity index (χ3v) is 2.68. The lowest BCUT2D eigenvalue weighted by atomic mass is 10.2. The molecule has 1 aromatic rings. The lowest BCUT2D eigenvalue weighted by Crippen LogP contribution is -2.38. The molecule has 0 aliphatic rings. The van der Waals surface area contributed by atoms with Crippen molar-refractivity contribution in [2.45, 2.75) is 19.9 Å². The summed E-state index contributed by atoms with van der Waals surface area (Å²) in [5.41, 5.74) is 6.38. The Hall–Kier alpha value is -2.31. The lowest BCUT2D eigenvalue weighted by Gasteiger charge is -2.27. The Bertz CT molecular complexity index is 488. The standard InChI is InChI=1S/C12H18N4O3/c1-8(2)15(7-12(13)17)10-4-9(14-3)5-11(6-10)16(18)19/h4-6,8,14H,7H2,1-3H3,(H2,13,17). The van der Waals surface area contributed by atoms with Crippen LogP contribution in [0.2, 0.25) is 0 Å². The third kappa shape index (κ3) is 3.84. The predicted octanol–water partition coefficient (Wildman–Crippen LogP) is 1.34. The van der Waals surface area contributed by atoms with Crippen LogP contribution in [0.4, 0.5) is 17.1 Å². The van der Waals surface area contributed by atoms with Crippen LogP contribution in [0.25, 0.3) is 0 Å². The van der Waals surface area contributed by atoms with E-state index in [4.69, 9.17) is 5.73 Å². The Morgan fingerprint density at radius 2 is 2.11 bits per heavy atom. The maximum atomic E-state index is 11.1. The van der Waals surface area contributed by atoms with E-state index in [9.17, 15) is 14.9 Å². The van der Waals surface area contributed by atoms with Crippen LogP contribution in [0.15, 0.2) is 18.2 Å². The molecule has 3 N–H and O–H groups in total. The van der Waals surface area contributed by atoms with E-state index in [1.54, 1.807) is 18.0 Å². The minimum absolute atomic E-state index is 0.000731. The number of anilines is 2. The highest BCUT2D eigenvalue weighted by Crippen LogP contribution is 2.27. The van der Waals surface area contributed by atoms with Gasteiger partial charge < -0.3 is 16.0 Å². The molecule has 0 aliphatic carbocycles. The fourth-order valence-electron chi connectivity index (χ4n) is 1.75. The van der Waals surface area contributed by atoms with Crippen LogP contribution >= 0.6 is 0 Å². The van der Waals surface area contributed by atoms with Gasteiger partial charge >= 0.3 is 0 Å². The molecule has 0 saturated heterocycles. The Morgan fingerprint density at radius 1 is 1.47 bits per heavy atom. The van der Waals surface area contributed by atoms with Crippen molar-refractivity contribution in [2.75, 3.05) is 23.8 Å².